The third-order valence-corrected chi connectivity index (χ3v) is 3.42. The highest BCUT2D eigenvalue weighted by Crippen LogP contribution is 2.24. The molecule has 0 aliphatic heterocycles. The maximum atomic E-state index is 12.7. The monoisotopic (exact) mass is 311 g/mol. The SMILES string of the molecule is CCC(=O)N(C(=O)c1ccccc1)C(C(=O)O)c1ccccc1. The molecule has 0 heterocycles. The highest BCUT2D eigenvalue weighted by Gasteiger charge is 2.35. The van der Waals surface area contributed by atoms with E-state index in [9.17, 15) is 19.5 Å². The molecule has 2 rings (SSSR count). The van der Waals surface area contributed by atoms with Gasteiger partial charge < -0.3 is 5.11 Å². The van der Waals surface area contributed by atoms with Crippen molar-refractivity contribution in [2.45, 2.75) is 19.4 Å². The Balaban J connectivity index is 2.50. The Labute approximate surface area is 134 Å². The number of carbonyl (C=O) groups is 3. The highest BCUT2D eigenvalue weighted by molar-refractivity contribution is 6.07. The third-order valence-electron chi connectivity index (χ3n) is 3.42. The zero-order valence-corrected chi connectivity index (χ0v) is 12.7. The van der Waals surface area contributed by atoms with E-state index < -0.39 is 23.8 Å². The van der Waals surface area contributed by atoms with Crippen LogP contribution in [0.4, 0.5) is 0 Å². The summed E-state index contributed by atoms with van der Waals surface area (Å²) < 4.78 is 0. The Morgan fingerprint density at radius 3 is 1.96 bits per heavy atom. The van der Waals surface area contributed by atoms with Crippen molar-refractivity contribution in [1.82, 2.24) is 4.90 Å². The van der Waals surface area contributed by atoms with E-state index in [0.717, 1.165) is 4.90 Å². The molecule has 2 aromatic rings. The van der Waals surface area contributed by atoms with Crippen LogP contribution in [0.5, 0.6) is 0 Å². The molecule has 1 N–H and O–H groups in total. The zero-order valence-electron chi connectivity index (χ0n) is 12.7. The average molecular weight is 311 g/mol. The summed E-state index contributed by atoms with van der Waals surface area (Å²) in [6.07, 6.45) is 0.0369. The summed E-state index contributed by atoms with van der Waals surface area (Å²) >= 11 is 0. The second-order valence-electron chi connectivity index (χ2n) is 4.94. The van der Waals surface area contributed by atoms with Crippen molar-refractivity contribution in [2.24, 2.45) is 0 Å². The molecule has 0 aliphatic carbocycles. The summed E-state index contributed by atoms with van der Waals surface area (Å²) in [5.74, 6) is -2.40. The lowest BCUT2D eigenvalue weighted by atomic mass is 10.0. The van der Waals surface area contributed by atoms with Gasteiger partial charge in [0, 0.05) is 12.0 Å². The predicted octanol–water partition coefficient (Wildman–Crippen LogP) is 2.89. The number of benzene rings is 2. The van der Waals surface area contributed by atoms with E-state index in [1.807, 2.05) is 0 Å². The van der Waals surface area contributed by atoms with Gasteiger partial charge in [0.15, 0.2) is 6.04 Å². The Hall–Kier alpha value is -2.95. The van der Waals surface area contributed by atoms with E-state index in [1.54, 1.807) is 67.6 Å². The number of aliphatic carboxylic acids is 1. The molecule has 0 fully saturated rings. The summed E-state index contributed by atoms with van der Waals surface area (Å²) in [5, 5.41) is 9.59. The van der Waals surface area contributed by atoms with E-state index in [1.165, 1.54) is 0 Å². The molecule has 0 saturated carbocycles. The average Bonchev–Trinajstić information content (AvgIpc) is 2.59. The van der Waals surface area contributed by atoms with E-state index in [4.69, 9.17) is 0 Å². The van der Waals surface area contributed by atoms with Crippen molar-refractivity contribution < 1.29 is 19.5 Å². The number of carboxylic acids is 1. The molecule has 2 aromatic carbocycles. The minimum atomic E-state index is -1.35. The standard InChI is InChI=1S/C18H17NO4/c1-2-15(20)19(17(21)14-11-7-4-8-12-14)16(18(22)23)13-9-5-3-6-10-13/h3-12,16H,2H2,1H3,(H,22,23). The molecule has 0 aromatic heterocycles. The van der Waals surface area contributed by atoms with Crippen LogP contribution < -0.4 is 0 Å². The smallest absolute Gasteiger partial charge is 0.331 e. The maximum Gasteiger partial charge on any atom is 0.331 e. The largest absolute Gasteiger partial charge is 0.479 e. The second kappa shape index (κ2) is 7.35. The fourth-order valence-electron chi connectivity index (χ4n) is 2.30. The molecule has 0 bridgehead atoms. The summed E-state index contributed by atoms with van der Waals surface area (Å²) in [5.41, 5.74) is 0.655. The lowest BCUT2D eigenvalue weighted by Crippen LogP contribution is -2.43. The van der Waals surface area contributed by atoms with Crippen LogP contribution in [-0.4, -0.2) is 27.8 Å². The van der Waals surface area contributed by atoms with Gasteiger partial charge in [0.25, 0.3) is 5.91 Å². The predicted molar refractivity (Wildman–Crippen MR) is 84.7 cm³/mol. The summed E-state index contributed by atoms with van der Waals surface area (Å²) in [4.78, 5) is 37.6. The van der Waals surface area contributed by atoms with Gasteiger partial charge >= 0.3 is 5.97 Å². The zero-order chi connectivity index (χ0) is 16.8. The molecule has 5 heteroatoms. The maximum absolute atomic E-state index is 12.7. The number of imide groups is 1. The summed E-state index contributed by atoms with van der Waals surface area (Å²) in [6.45, 7) is 1.59. The van der Waals surface area contributed by atoms with Crippen LogP contribution in [0.25, 0.3) is 0 Å². The number of carbonyl (C=O) groups excluding carboxylic acids is 2. The number of hydrogen-bond donors (Lipinski definition) is 1. The fraction of sp³-hybridized carbons (Fsp3) is 0.167. The second-order valence-corrected chi connectivity index (χ2v) is 4.94. The van der Waals surface area contributed by atoms with E-state index in [2.05, 4.69) is 0 Å². The first kappa shape index (κ1) is 16.4. The number of carboxylic acid groups (broad SMARTS) is 1. The van der Waals surface area contributed by atoms with Gasteiger partial charge in [-0.2, -0.15) is 0 Å². The quantitative estimate of drug-likeness (QED) is 0.921. The molecule has 23 heavy (non-hydrogen) atoms. The molecule has 118 valence electrons. The van der Waals surface area contributed by atoms with E-state index in [0.29, 0.717) is 5.56 Å². The molecular weight excluding hydrogens is 294 g/mol. The molecule has 0 radical (unpaired) electrons. The Morgan fingerprint density at radius 2 is 1.48 bits per heavy atom. The topological polar surface area (TPSA) is 74.7 Å². The molecular formula is C18H17NO4. The summed E-state index contributed by atoms with van der Waals surface area (Å²) in [7, 11) is 0. The van der Waals surface area contributed by atoms with Gasteiger partial charge in [0.05, 0.1) is 0 Å². The van der Waals surface area contributed by atoms with Gasteiger partial charge in [-0.1, -0.05) is 55.5 Å². The van der Waals surface area contributed by atoms with Crippen molar-refractivity contribution in [3.05, 3.63) is 71.8 Å². The first-order valence-corrected chi connectivity index (χ1v) is 7.25. The van der Waals surface area contributed by atoms with Gasteiger partial charge in [-0.15, -0.1) is 0 Å². The van der Waals surface area contributed by atoms with Gasteiger partial charge in [-0.3, -0.25) is 14.5 Å². The van der Waals surface area contributed by atoms with Crippen molar-refractivity contribution in [3.8, 4) is 0 Å². The van der Waals surface area contributed by atoms with Crippen molar-refractivity contribution in [1.29, 1.82) is 0 Å². The van der Waals surface area contributed by atoms with E-state index in [-0.39, 0.29) is 12.0 Å². The van der Waals surface area contributed by atoms with Crippen LogP contribution >= 0.6 is 0 Å². The van der Waals surface area contributed by atoms with E-state index >= 15 is 0 Å². The lowest BCUT2D eigenvalue weighted by molar-refractivity contribution is -0.148. The van der Waals surface area contributed by atoms with Crippen molar-refractivity contribution in [3.63, 3.8) is 0 Å². The number of hydrogen-bond acceptors (Lipinski definition) is 3. The molecule has 1 unspecified atom stereocenters. The minimum absolute atomic E-state index is 0.0369. The molecule has 5 nitrogen and oxygen atoms in total. The number of rotatable bonds is 5. The third kappa shape index (κ3) is 3.63. The van der Waals surface area contributed by atoms with Crippen LogP contribution in [0, 0.1) is 0 Å². The van der Waals surface area contributed by atoms with Gasteiger partial charge in [-0.05, 0) is 17.7 Å². The molecule has 0 aliphatic rings. The minimum Gasteiger partial charge on any atom is -0.479 e. The lowest BCUT2D eigenvalue weighted by Gasteiger charge is -2.27. The Bertz CT molecular complexity index is 697. The van der Waals surface area contributed by atoms with Crippen LogP contribution in [0.2, 0.25) is 0 Å². The normalized spacial score (nSPS) is 11.5. The first-order chi connectivity index (χ1) is 11.1. The first-order valence-electron chi connectivity index (χ1n) is 7.25. The van der Waals surface area contributed by atoms with Crippen LogP contribution in [-0.2, 0) is 9.59 Å². The highest BCUT2D eigenvalue weighted by atomic mass is 16.4. The molecule has 0 saturated heterocycles. The van der Waals surface area contributed by atoms with Crippen molar-refractivity contribution in [2.75, 3.05) is 0 Å². The van der Waals surface area contributed by atoms with Crippen molar-refractivity contribution >= 4 is 17.8 Å². The number of nitrogens with zero attached hydrogens (tertiary/aromatic N) is 1. The van der Waals surface area contributed by atoms with Gasteiger partial charge in [-0.25, -0.2) is 4.79 Å². The molecule has 1 atom stereocenters. The van der Waals surface area contributed by atoms with Gasteiger partial charge in [0.1, 0.15) is 0 Å². The fourth-order valence-corrected chi connectivity index (χ4v) is 2.30. The van der Waals surface area contributed by atoms with Crippen LogP contribution in [0.15, 0.2) is 60.7 Å². The van der Waals surface area contributed by atoms with Crippen LogP contribution in [0.3, 0.4) is 0 Å². The molecule has 2 amide bonds. The Morgan fingerprint density at radius 1 is 0.957 bits per heavy atom. The number of amides is 2. The van der Waals surface area contributed by atoms with Crippen LogP contribution in [0.1, 0.15) is 35.3 Å². The Kier molecular flexibility index (Phi) is 5.25. The molecule has 0 spiro atoms. The van der Waals surface area contributed by atoms with Gasteiger partial charge in [0.2, 0.25) is 5.91 Å². The summed E-state index contributed by atoms with van der Waals surface area (Å²) in [6, 6.07) is 15.1.